The molecule has 0 aromatic heterocycles. The maximum atomic E-state index is 12.3. The van der Waals surface area contributed by atoms with Gasteiger partial charge in [0, 0.05) is 20.5 Å². The monoisotopic (exact) mass is 326 g/mol. The van der Waals surface area contributed by atoms with E-state index in [0.29, 0.717) is 6.42 Å². The fraction of sp³-hybridized carbons (Fsp3) is 0.263. The van der Waals surface area contributed by atoms with Crippen LogP contribution in [-0.2, 0) is 22.6 Å². The van der Waals surface area contributed by atoms with E-state index in [1.807, 2.05) is 60.7 Å². The summed E-state index contributed by atoms with van der Waals surface area (Å²) in [4.78, 5) is 25.8. The number of amides is 2. The van der Waals surface area contributed by atoms with Crippen molar-refractivity contribution in [1.82, 2.24) is 10.2 Å². The summed E-state index contributed by atoms with van der Waals surface area (Å²) >= 11 is 0. The number of benzene rings is 2. The van der Waals surface area contributed by atoms with Gasteiger partial charge in [-0.15, -0.1) is 0 Å². The number of nitrogens with one attached hydrogen (secondary N) is 1. The number of carbonyl (C=O) groups excluding carboxylic acids is 2. The van der Waals surface area contributed by atoms with Crippen molar-refractivity contribution in [3.05, 3.63) is 71.8 Å². The van der Waals surface area contributed by atoms with E-state index >= 15 is 0 Å². The smallest absolute Gasteiger partial charge is 0.408 e. The van der Waals surface area contributed by atoms with Crippen LogP contribution in [0.15, 0.2) is 60.7 Å². The van der Waals surface area contributed by atoms with E-state index in [9.17, 15) is 9.59 Å². The molecular weight excluding hydrogens is 304 g/mol. The molecule has 2 rings (SSSR count). The summed E-state index contributed by atoms with van der Waals surface area (Å²) in [6.07, 6.45) is -0.187. The zero-order chi connectivity index (χ0) is 17.4. The standard InChI is InChI=1S/C19H22N2O3/c1-21(2)18(22)17(13-15-9-5-3-6-10-15)20-19(23)24-14-16-11-7-4-8-12-16/h3-12,17H,13-14H2,1-2H3,(H,20,23)/t17-/m0/s1. The van der Waals surface area contributed by atoms with Gasteiger partial charge in [-0.1, -0.05) is 60.7 Å². The number of hydrogen-bond acceptors (Lipinski definition) is 3. The minimum atomic E-state index is -0.661. The van der Waals surface area contributed by atoms with Gasteiger partial charge >= 0.3 is 6.09 Å². The molecule has 0 saturated heterocycles. The molecule has 0 aliphatic heterocycles. The molecule has 0 aliphatic carbocycles. The second-order valence-electron chi connectivity index (χ2n) is 5.68. The number of alkyl carbamates (subject to hydrolysis) is 1. The molecule has 5 heteroatoms. The van der Waals surface area contributed by atoms with Crippen LogP contribution in [0.2, 0.25) is 0 Å². The highest BCUT2D eigenvalue weighted by atomic mass is 16.5. The van der Waals surface area contributed by atoms with Crippen LogP contribution in [0.1, 0.15) is 11.1 Å². The molecule has 0 unspecified atom stereocenters. The second-order valence-corrected chi connectivity index (χ2v) is 5.68. The molecule has 0 saturated carbocycles. The van der Waals surface area contributed by atoms with Gasteiger partial charge in [-0.05, 0) is 11.1 Å². The highest BCUT2D eigenvalue weighted by Crippen LogP contribution is 2.06. The SMILES string of the molecule is CN(C)C(=O)[C@H](Cc1ccccc1)NC(=O)OCc1ccccc1. The van der Waals surface area contributed by atoms with Crippen LogP contribution >= 0.6 is 0 Å². The topological polar surface area (TPSA) is 58.6 Å². The lowest BCUT2D eigenvalue weighted by molar-refractivity contribution is -0.130. The third-order valence-corrected chi connectivity index (χ3v) is 3.53. The zero-order valence-corrected chi connectivity index (χ0v) is 13.9. The minimum absolute atomic E-state index is 0.168. The average Bonchev–Trinajstić information content (AvgIpc) is 2.60. The maximum Gasteiger partial charge on any atom is 0.408 e. The second kappa shape index (κ2) is 8.72. The van der Waals surface area contributed by atoms with Crippen molar-refractivity contribution in [2.45, 2.75) is 19.1 Å². The van der Waals surface area contributed by atoms with Crippen molar-refractivity contribution in [3.8, 4) is 0 Å². The first kappa shape index (κ1) is 17.5. The number of carbonyl (C=O) groups is 2. The van der Waals surface area contributed by atoms with Crippen molar-refractivity contribution in [3.63, 3.8) is 0 Å². The van der Waals surface area contributed by atoms with Crippen molar-refractivity contribution in [1.29, 1.82) is 0 Å². The molecule has 0 bridgehead atoms. The molecule has 0 aliphatic rings. The van der Waals surface area contributed by atoms with E-state index in [1.54, 1.807) is 14.1 Å². The Labute approximate surface area is 142 Å². The predicted octanol–water partition coefficient (Wildman–Crippen LogP) is 2.61. The van der Waals surface area contributed by atoms with Crippen LogP contribution in [-0.4, -0.2) is 37.0 Å². The molecule has 2 amide bonds. The Bertz CT molecular complexity index is 657. The normalized spacial score (nSPS) is 11.4. The van der Waals surface area contributed by atoms with Crippen LogP contribution in [0.3, 0.4) is 0 Å². The molecular formula is C19H22N2O3. The summed E-state index contributed by atoms with van der Waals surface area (Å²) in [5, 5.41) is 2.66. The van der Waals surface area contributed by atoms with Gasteiger partial charge in [0.15, 0.2) is 0 Å². The molecule has 126 valence electrons. The van der Waals surface area contributed by atoms with Gasteiger partial charge in [0.1, 0.15) is 12.6 Å². The summed E-state index contributed by atoms with van der Waals surface area (Å²) in [7, 11) is 3.33. The summed E-state index contributed by atoms with van der Waals surface area (Å²) < 4.78 is 5.21. The molecule has 0 fully saturated rings. The molecule has 2 aromatic rings. The third kappa shape index (κ3) is 5.43. The lowest BCUT2D eigenvalue weighted by atomic mass is 10.1. The van der Waals surface area contributed by atoms with Crippen molar-refractivity contribution >= 4 is 12.0 Å². The fourth-order valence-corrected chi connectivity index (χ4v) is 2.27. The van der Waals surface area contributed by atoms with Gasteiger partial charge in [-0.3, -0.25) is 4.79 Å². The summed E-state index contributed by atoms with van der Waals surface area (Å²) in [5.74, 6) is -0.171. The van der Waals surface area contributed by atoms with Crippen LogP contribution in [0.5, 0.6) is 0 Å². The first-order valence-corrected chi connectivity index (χ1v) is 7.78. The molecule has 24 heavy (non-hydrogen) atoms. The number of rotatable bonds is 6. The van der Waals surface area contributed by atoms with Crippen molar-refractivity contribution < 1.29 is 14.3 Å². The summed E-state index contributed by atoms with van der Waals surface area (Å²) in [6, 6.07) is 18.3. The number of hydrogen-bond donors (Lipinski definition) is 1. The Balaban J connectivity index is 1.96. The first-order valence-electron chi connectivity index (χ1n) is 7.78. The Morgan fingerprint density at radius 3 is 2.04 bits per heavy atom. The van der Waals surface area contributed by atoms with E-state index < -0.39 is 12.1 Å². The van der Waals surface area contributed by atoms with Gasteiger partial charge in [-0.2, -0.15) is 0 Å². The fourth-order valence-electron chi connectivity index (χ4n) is 2.27. The minimum Gasteiger partial charge on any atom is -0.445 e. The lowest BCUT2D eigenvalue weighted by Crippen LogP contribution is -2.47. The highest BCUT2D eigenvalue weighted by Gasteiger charge is 2.23. The highest BCUT2D eigenvalue weighted by molar-refractivity contribution is 5.85. The summed E-state index contributed by atoms with van der Waals surface area (Å²) in [6.45, 7) is 0.168. The largest absolute Gasteiger partial charge is 0.445 e. The molecule has 0 radical (unpaired) electrons. The van der Waals surface area contributed by atoms with Crippen molar-refractivity contribution in [2.75, 3.05) is 14.1 Å². The Hall–Kier alpha value is -2.82. The van der Waals surface area contributed by atoms with E-state index in [0.717, 1.165) is 11.1 Å². The number of ether oxygens (including phenoxy) is 1. The van der Waals surface area contributed by atoms with Gasteiger partial charge in [-0.25, -0.2) is 4.79 Å². The zero-order valence-electron chi connectivity index (χ0n) is 13.9. The van der Waals surface area contributed by atoms with E-state index in [4.69, 9.17) is 4.74 Å². The summed E-state index contributed by atoms with van der Waals surface area (Å²) in [5.41, 5.74) is 1.87. The van der Waals surface area contributed by atoms with Crippen molar-refractivity contribution in [2.24, 2.45) is 0 Å². The Morgan fingerprint density at radius 1 is 0.958 bits per heavy atom. The lowest BCUT2D eigenvalue weighted by Gasteiger charge is -2.21. The molecule has 5 nitrogen and oxygen atoms in total. The van der Waals surface area contributed by atoms with Gasteiger partial charge in [0.2, 0.25) is 5.91 Å². The van der Waals surface area contributed by atoms with E-state index in [1.165, 1.54) is 4.90 Å². The van der Waals surface area contributed by atoms with Gasteiger partial charge < -0.3 is 15.0 Å². The molecule has 0 spiro atoms. The quantitative estimate of drug-likeness (QED) is 0.888. The number of nitrogens with zero attached hydrogens (tertiary/aromatic N) is 1. The van der Waals surface area contributed by atoms with Gasteiger partial charge in [0.25, 0.3) is 0 Å². The van der Waals surface area contributed by atoms with E-state index in [2.05, 4.69) is 5.32 Å². The van der Waals surface area contributed by atoms with Gasteiger partial charge in [0.05, 0.1) is 0 Å². The molecule has 2 aromatic carbocycles. The Morgan fingerprint density at radius 2 is 1.50 bits per heavy atom. The number of likely N-dealkylation sites (N-methyl/N-ethyl adjacent to an activating group) is 1. The molecule has 1 atom stereocenters. The third-order valence-electron chi connectivity index (χ3n) is 3.53. The van der Waals surface area contributed by atoms with Crippen LogP contribution in [0, 0.1) is 0 Å². The molecule has 0 heterocycles. The van der Waals surface area contributed by atoms with E-state index in [-0.39, 0.29) is 12.5 Å². The predicted molar refractivity (Wildman–Crippen MR) is 92.4 cm³/mol. The Kier molecular flexibility index (Phi) is 6.37. The van der Waals surface area contributed by atoms with Crippen LogP contribution in [0.4, 0.5) is 4.79 Å². The average molecular weight is 326 g/mol. The molecule has 1 N–H and O–H groups in total. The van der Waals surface area contributed by atoms with Crippen LogP contribution < -0.4 is 5.32 Å². The van der Waals surface area contributed by atoms with Crippen LogP contribution in [0.25, 0.3) is 0 Å². The maximum absolute atomic E-state index is 12.3. The first-order chi connectivity index (χ1) is 11.6.